The maximum atomic E-state index is 12.1. The summed E-state index contributed by atoms with van der Waals surface area (Å²) in [7, 11) is 1.73. The van der Waals surface area contributed by atoms with Gasteiger partial charge in [-0.2, -0.15) is 0 Å². The molecule has 0 radical (unpaired) electrons. The van der Waals surface area contributed by atoms with Gasteiger partial charge in [0.05, 0.1) is 13.2 Å². The predicted molar refractivity (Wildman–Crippen MR) is 81.8 cm³/mol. The second kappa shape index (κ2) is 10.1. The fraction of sp³-hybridized carbons (Fsp3) is 0.933. The van der Waals surface area contributed by atoms with Gasteiger partial charge in [0, 0.05) is 33.3 Å². The molecule has 0 aromatic heterocycles. The molecule has 1 saturated heterocycles. The second-order valence-corrected chi connectivity index (χ2v) is 5.51. The molecule has 0 saturated carbocycles. The third-order valence-electron chi connectivity index (χ3n) is 3.99. The molecule has 1 rings (SSSR count). The van der Waals surface area contributed by atoms with Crippen molar-refractivity contribution in [3.8, 4) is 0 Å². The summed E-state index contributed by atoms with van der Waals surface area (Å²) in [5.41, 5.74) is 0. The van der Waals surface area contributed by atoms with E-state index in [0.717, 1.165) is 45.9 Å². The lowest BCUT2D eigenvalue weighted by Gasteiger charge is -2.33. The van der Waals surface area contributed by atoms with Crippen LogP contribution in [0, 0.1) is 5.92 Å². The van der Waals surface area contributed by atoms with Gasteiger partial charge in [0.2, 0.25) is 5.91 Å². The van der Waals surface area contributed by atoms with Gasteiger partial charge in [0.1, 0.15) is 0 Å². The van der Waals surface area contributed by atoms with Crippen LogP contribution in [0.4, 0.5) is 0 Å². The van der Waals surface area contributed by atoms with E-state index in [-0.39, 0.29) is 5.91 Å². The standard InChI is InChI=1S/C15H31N3O2/c1-4-18(5-2)15(19)13-17-9-6-7-14(12-17)11-16-8-10-20-3/h14,16H,4-13H2,1-3H3. The van der Waals surface area contributed by atoms with E-state index in [0.29, 0.717) is 12.5 Å². The van der Waals surface area contributed by atoms with Gasteiger partial charge in [-0.25, -0.2) is 0 Å². The van der Waals surface area contributed by atoms with Crippen LogP contribution in [0.15, 0.2) is 0 Å². The Bertz CT molecular complexity index is 270. The SMILES string of the molecule is CCN(CC)C(=O)CN1CCCC(CNCCOC)C1. The normalized spacial score (nSPS) is 20.1. The van der Waals surface area contributed by atoms with Crippen LogP contribution in [0.2, 0.25) is 0 Å². The van der Waals surface area contributed by atoms with Crippen molar-refractivity contribution in [2.24, 2.45) is 5.92 Å². The molecule has 1 aliphatic rings. The molecular formula is C15H31N3O2. The van der Waals surface area contributed by atoms with E-state index in [1.165, 1.54) is 12.8 Å². The van der Waals surface area contributed by atoms with Crippen LogP contribution >= 0.6 is 0 Å². The van der Waals surface area contributed by atoms with Gasteiger partial charge < -0.3 is 15.0 Å². The van der Waals surface area contributed by atoms with E-state index in [9.17, 15) is 4.79 Å². The third kappa shape index (κ3) is 6.20. The fourth-order valence-corrected chi connectivity index (χ4v) is 2.81. The second-order valence-electron chi connectivity index (χ2n) is 5.51. The van der Waals surface area contributed by atoms with Crippen molar-refractivity contribution in [3.05, 3.63) is 0 Å². The Morgan fingerprint density at radius 3 is 2.80 bits per heavy atom. The summed E-state index contributed by atoms with van der Waals surface area (Å²) in [6.07, 6.45) is 2.46. The first kappa shape index (κ1) is 17.4. The molecule has 20 heavy (non-hydrogen) atoms. The number of nitrogens with zero attached hydrogens (tertiary/aromatic N) is 2. The average molecular weight is 285 g/mol. The van der Waals surface area contributed by atoms with Crippen LogP contribution in [0.5, 0.6) is 0 Å². The monoisotopic (exact) mass is 285 g/mol. The lowest BCUT2D eigenvalue weighted by atomic mass is 9.98. The minimum atomic E-state index is 0.267. The van der Waals surface area contributed by atoms with Gasteiger partial charge in [0.15, 0.2) is 0 Å². The number of methoxy groups -OCH3 is 1. The van der Waals surface area contributed by atoms with E-state index >= 15 is 0 Å². The van der Waals surface area contributed by atoms with Crippen molar-refractivity contribution in [2.75, 3.05) is 59.5 Å². The number of likely N-dealkylation sites (N-methyl/N-ethyl adjacent to an activating group) is 1. The topological polar surface area (TPSA) is 44.8 Å². The number of ether oxygens (including phenoxy) is 1. The number of nitrogens with one attached hydrogen (secondary N) is 1. The quantitative estimate of drug-likeness (QED) is 0.637. The maximum absolute atomic E-state index is 12.1. The summed E-state index contributed by atoms with van der Waals surface area (Å²) in [4.78, 5) is 16.4. The summed E-state index contributed by atoms with van der Waals surface area (Å²) < 4.78 is 5.03. The highest BCUT2D eigenvalue weighted by molar-refractivity contribution is 5.78. The molecule has 118 valence electrons. The Morgan fingerprint density at radius 1 is 1.40 bits per heavy atom. The zero-order valence-electron chi connectivity index (χ0n) is 13.4. The van der Waals surface area contributed by atoms with E-state index in [4.69, 9.17) is 4.74 Å². The van der Waals surface area contributed by atoms with Crippen LogP contribution in [0.25, 0.3) is 0 Å². The number of likely N-dealkylation sites (tertiary alicyclic amines) is 1. The molecule has 0 bridgehead atoms. The average Bonchev–Trinajstić information content (AvgIpc) is 2.45. The van der Waals surface area contributed by atoms with Gasteiger partial charge in [-0.1, -0.05) is 0 Å². The van der Waals surface area contributed by atoms with Crippen molar-refractivity contribution >= 4 is 5.91 Å². The Hall–Kier alpha value is -0.650. The van der Waals surface area contributed by atoms with Crippen molar-refractivity contribution in [2.45, 2.75) is 26.7 Å². The number of carbonyl (C=O) groups excluding carboxylic acids is 1. The molecule has 1 atom stereocenters. The van der Waals surface area contributed by atoms with Crippen LogP contribution < -0.4 is 5.32 Å². The Kier molecular flexibility index (Phi) is 8.82. The van der Waals surface area contributed by atoms with Gasteiger partial charge >= 0.3 is 0 Å². The largest absolute Gasteiger partial charge is 0.383 e. The van der Waals surface area contributed by atoms with Gasteiger partial charge in [-0.05, 0) is 45.7 Å². The first-order valence-electron chi connectivity index (χ1n) is 7.91. The lowest BCUT2D eigenvalue weighted by Crippen LogP contribution is -2.46. The number of piperidine rings is 1. The molecule has 1 N–H and O–H groups in total. The summed E-state index contributed by atoms with van der Waals surface area (Å²) >= 11 is 0. The van der Waals surface area contributed by atoms with Crippen molar-refractivity contribution < 1.29 is 9.53 Å². The summed E-state index contributed by atoms with van der Waals surface area (Å²) in [5, 5.41) is 3.43. The van der Waals surface area contributed by atoms with Crippen molar-refractivity contribution in [1.29, 1.82) is 0 Å². The first-order chi connectivity index (χ1) is 9.71. The highest BCUT2D eigenvalue weighted by atomic mass is 16.5. The van der Waals surface area contributed by atoms with Gasteiger partial charge in [0.25, 0.3) is 0 Å². The molecule has 1 amide bonds. The van der Waals surface area contributed by atoms with E-state index in [1.54, 1.807) is 7.11 Å². The van der Waals surface area contributed by atoms with Crippen LogP contribution in [-0.4, -0.2) is 75.2 Å². The number of carbonyl (C=O) groups is 1. The molecule has 1 fully saturated rings. The van der Waals surface area contributed by atoms with Crippen molar-refractivity contribution in [3.63, 3.8) is 0 Å². The number of hydrogen-bond donors (Lipinski definition) is 1. The molecule has 1 aliphatic heterocycles. The minimum Gasteiger partial charge on any atom is -0.383 e. The molecule has 0 aromatic carbocycles. The predicted octanol–water partition coefficient (Wildman–Crippen LogP) is 0.803. The minimum absolute atomic E-state index is 0.267. The van der Waals surface area contributed by atoms with E-state index in [1.807, 2.05) is 18.7 Å². The summed E-state index contributed by atoms with van der Waals surface area (Å²) in [6.45, 7) is 11.1. The number of hydrogen-bond acceptors (Lipinski definition) is 4. The summed E-state index contributed by atoms with van der Waals surface area (Å²) in [6, 6.07) is 0. The number of amides is 1. The zero-order chi connectivity index (χ0) is 14.8. The van der Waals surface area contributed by atoms with Gasteiger partial charge in [-0.15, -0.1) is 0 Å². The highest BCUT2D eigenvalue weighted by Gasteiger charge is 2.22. The van der Waals surface area contributed by atoms with E-state index in [2.05, 4.69) is 10.2 Å². The Labute approximate surface area is 123 Å². The zero-order valence-corrected chi connectivity index (χ0v) is 13.4. The molecule has 0 aliphatic carbocycles. The molecule has 0 spiro atoms. The Balaban J connectivity index is 2.27. The summed E-state index contributed by atoms with van der Waals surface area (Å²) in [5.74, 6) is 0.924. The number of rotatable bonds is 9. The van der Waals surface area contributed by atoms with Crippen LogP contribution in [0.1, 0.15) is 26.7 Å². The first-order valence-corrected chi connectivity index (χ1v) is 7.91. The molecule has 5 heteroatoms. The molecule has 5 nitrogen and oxygen atoms in total. The molecule has 1 heterocycles. The van der Waals surface area contributed by atoms with Crippen LogP contribution in [-0.2, 0) is 9.53 Å². The van der Waals surface area contributed by atoms with Crippen LogP contribution in [0.3, 0.4) is 0 Å². The van der Waals surface area contributed by atoms with E-state index < -0.39 is 0 Å². The molecular weight excluding hydrogens is 254 g/mol. The highest BCUT2D eigenvalue weighted by Crippen LogP contribution is 2.15. The Morgan fingerprint density at radius 2 is 2.15 bits per heavy atom. The molecule has 1 unspecified atom stereocenters. The van der Waals surface area contributed by atoms with Gasteiger partial charge in [-0.3, -0.25) is 9.69 Å². The lowest BCUT2D eigenvalue weighted by molar-refractivity contribution is -0.132. The fourth-order valence-electron chi connectivity index (χ4n) is 2.81. The van der Waals surface area contributed by atoms with Crippen molar-refractivity contribution in [1.82, 2.24) is 15.1 Å². The maximum Gasteiger partial charge on any atom is 0.236 e. The third-order valence-corrected chi connectivity index (χ3v) is 3.99. The smallest absolute Gasteiger partial charge is 0.236 e. The molecule has 0 aromatic rings.